The summed E-state index contributed by atoms with van der Waals surface area (Å²) in [6.07, 6.45) is -1.00. The minimum atomic E-state index is -1.00. The third-order valence-electron chi connectivity index (χ3n) is 5.37. The van der Waals surface area contributed by atoms with Gasteiger partial charge in [0.05, 0.1) is 22.4 Å². The Morgan fingerprint density at radius 3 is 2.12 bits per heavy atom. The summed E-state index contributed by atoms with van der Waals surface area (Å²) in [7, 11) is 0. The third-order valence-corrected chi connectivity index (χ3v) is 5.37. The van der Waals surface area contributed by atoms with Gasteiger partial charge in [-0.25, -0.2) is 9.69 Å². The fourth-order valence-corrected chi connectivity index (χ4v) is 3.60. The van der Waals surface area contributed by atoms with Gasteiger partial charge in [0.15, 0.2) is 6.10 Å². The van der Waals surface area contributed by atoms with Crippen LogP contribution in [0.4, 0.5) is 5.69 Å². The lowest BCUT2D eigenvalue weighted by Crippen LogP contribution is -2.29. The molecule has 1 aliphatic rings. The summed E-state index contributed by atoms with van der Waals surface area (Å²) in [5.74, 6) is -2.01. The van der Waals surface area contributed by atoms with Crippen molar-refractivity contribution < 1.29 is 23.9 Å². The maximum atomic E-state index is 12.9. The van der Waals surface area contributed by atoms with Crippen LogP contribution in [-0.2, 0) is 4.74 Å². The van der Waals surface area contributed by atoms with Gasteiger partial charge in [-0.05, 0) is 56.7 Å². The quantitative estimate of drug-likeness (QED) is 0.339. The number of amides is 2. The maximum absolute atomic E-state index is 12.9. The molecule has 0 aromatic heterocycles. The average molecular weight is 427 g/mol. The fraction of sp³-hybridized carbons (Fsp3) is 0.154. The number of Topliss-reactive ketones (excluding diaryl/α,β-unsaturated/α-hetero) is 1. The van der Waals surface area contributed by atoms with E-state index in [0.717, 1.165) is 16.0 Å². The zero-order valence-electron chi connectivity index (χ0n) is 17.9. The number of anilines is 1. The number of ketones is 1. The van der Waals surface area contributed by atoms with Crippen molar-refractivity contribution >= 4 is 29.3 Å². The third kappa shape index (κ3) is 3.83. The van der Waals surface area contributed by atoms with Crippen molar-refractivity contribution in [1.82, 2.24) is 0 Å². The molecule has 1 heterocycles. The van der Waals surface area contributed by atoms with E-state index in [9.17, 15) is 19.2 Å². The minimum absolute atomic E-state index is 0.0968. The van der Waals surface area contributed by atoms with E-state index in [1.165, 1.54) is 25.1 Å². The molecule has 0 fully saturated rings. The van der Waals surface area contributed by atoms with Crippen molar-refractivity contribution in [3.63, 3.8) is 0 Å². The molecule has 2 amide bonds. The summed E-state index contributed by atoms with van der Waals surface area (Å²) in [6, 6.07) is 18.3. The Morgan fingerprint density at radius 1 is 0.781 bits per heavy atom. The second kappa shape index (κ2) is 8.23. The van der Waals surface area contributed by atoms with Crippen molar-refractivity contribution in [2.75, 3.05) is 4.90 Å². The largest absolute Gasteiger partial charge is 0.451 e. The van der Waals surface area contributed by atoms with Gasteiger partial charge in [-0.1, -0.05) is 42.0 Å². The lowest BCUT2D eigenvalue weighted by atomic mass is 10.0. The van der Waals surface area contributed by atoms with Gasteiger partial charge in [0.1, 0.15) is 0 Å². The molecule has 0 bridgehead atoms. The van der Waals surface area contributed by atoms with Crippen LogP contribution in [0.3, 0.4) is 0 Å². The predicted molar refractivity (Wildman–Crippen MR) is 119 cm³/mol. The van der Waals surface area contributed by atoms with Crippen molar-refractivity contribution in [2.24, 2.45) is 0 Å². The minimum Gasteiger partial charge on any atom is -0.451 e. The van der Waals surface area contributed by atoms with Gasteiger partial charge >= 0.3 is 5.97 Å². The molecule has 3 aromatic rings. The predicted octanol–water partition coefficient (Wildman–Crippen LogP) is 4.53. The Balaban J connectivity index is 1.54. The van der Waals surface area contributed by atoms with Crippen molar-refractivity contribution in [3.8, 4) is 0 Å². The Labute approximate surface area is 185 Å². The van der Waals surface area contributed by atoms with Crippen LogP contribution in [0.15, 0.2) is 66.7 Å². The second-order valence-electron chi connectivity index (χ2n) is 7.82. The summed E-state index contributed by atoms with van der Waals surface area (Å²) < 4.78 is 5.33. The number of carbonyl (C=O) groups excluding carboxylic acids is 4. The topological polar surface area (TPSA) is 80.8 Å². The highest BCUT2D eigenvalue weighted by Crippen LogP contribution is 2.29. The summed E-state index contributed by atoms with van der Waals surface area (Å²) >= 11 is 0. The smallest absolute Gasteiger partial charge is 0.338 e. The molecule has 32 heavy (non-hydrogen) atoms. The number of hydrogen-bond acceptors (Lipinski definition) is 5. The molecular formula is C26H21NO5. The molecule has 0 spiro atoms. The van der Waals surface area contributed by atoms with Gasteiger partial charge in [0, 0.05) is 5.56 Å². The van der Waals surface area contributed by atoms with Gasteiger partial charge in [0.2, 0.25) is 5.78 Å². The molecule has 0 saturated carbocycles. The van der Waals surface area contributed by atoms with Crippen LogP contribution in [0, 0.1) is 13.8 Å². The molecule has 6 heteroatoms. The van der Waals surface area contributed by atoms with E-state index in [2.05, 4.69) is 0 Å². The number of ether oxygens (including phenoxy) is 1. The Morgan fingerprint density at radius 2 is 1.44 bits per heavy atom. The molecule has 6 nitrogen and oxygen atoms in total. The number of fused-ring (bicyclic) bond motifs is 1. The molecule has 3 aromatic carbocycles. The van der Waals surface area contributed by atoms with Crippen molar-refractivity contribution in [3.05, 3.63) is 100 Å². The first-order chi connectivity index (χ1) is 15.3. The maximum Gasteiger partial charge on any atom is 0.338 e. The molecule has 1 aliphatic heterocycles. The molecular weight excluding hydrogens is 406 g/mol. The summed E-state index contributed by atoms with van der Waals surface area (Å²) in [4.78, 5) is 52.0. The Hall–Kier alpha value is -4.06. The monoisotopic (exact) mass is 427 g/mol. The van der Waals surface area contributed by atoms with E-state index in [1.54, 1.807) is 30.3 Å². The standard InChI is InChI=1S/C26H21NO5/c1-15-7-9-18(10-8-15)23(28)17(3)32-26(31)19-11-12-21-22(14-19)25(30)27(24(21)29)20-6-4-5-16(2)13-20/h4-14,17H,1-3H3/t17-/m0/s1. The number of nitrogens with zero attached hydrogens (tertiary/aromatic N) is 1. The number of hydrogen-bond donors (Lipinski definition) is 0. The number of benzene rings is 3. The van der Waals surface area contributed by atoms with E-state index in [4.69, 9.17) is 4.74 Å². The van der Waals surface area contributed by atoms with E-state index in [1.807, 2.05) is 32.0 Å². The summed E-state index contributed by atoms with van der Waals surface area (Å²) in [6.45, 7) is 5.29. The number of carbonyl (C=O) groups is 4. The lowest BCUT2D eigenvalue weighted by molar-refractivity contribution is 0.0318. The Bertz CT molecular complexity index is 1260. The second-order valence-corrected chi connectivity index (χ2v) is 7.82. The van der Waals surface area contributed by atoms with Crippen LogP contribution >= 0.6 is 0 Å². The first kappa shape index (κ1) is 21.2. The highest BCUT2D eigenvalue weighted by atomic mass is 16.5. The molecule has 0 unspecified atom stereocenters. The molecule has 0 aliphatic carbocycles. The van der Waals surface area contributed by atoms with Crippen LogP contribution in [0.2, 0.25) is 0 Å². The van der Waals surface area contributed by atoms with Crippen molar-refractivity contribution in [1.29, 1.82) is 0 Å². The van der Waals surface area contributed by atoms with Crippen LogP contribution < -0.4 is 4.90 Å². The SMILES string of the molecule is Cc1ccc(C(=O)[C@H](C)OC(=O)c2ccc3c(c2)C(=O)N(c2cccc(C)c2)C3=O)cc1. The molecule has 0 saturated heterocycles. The number of esters is 1. The normalized spacial score (nSPS) is 13.7. The lowest BCUT2D eigenvalue weighted by Gasteiger charge is -2.14. The van der Waals surface area contributed by atoms with Gasteiger partial charge < -0.3 is 4.74 Å². The number of aryl methyl sites for hydroxylation is 2. The Kier molecular flexibility index (Phi) is 5.45. The van der Waals surface area contributed by atoms with Crippen LogP contribution in [0.5, 0.6) is 0 Å². The van der Waals surface area contributed by atoms with E-state index in [-0.39, 0.29) is 22.5 Å². The van der Waals surface area contributed by atoms with Gasteiger partial charge in [-0.15, -0.1) is 0 Å². The van der Waals surface area contributed by atoms with Crippen LogP contribution in [0.25, 0.3) is 0 Å². The highest BCUT2D eigenvalue weighted by molar-refractivity contribution is 6.34. The van der Waals surface area contributed by atoms with E-state index >= 15 is 0 Å². The van der Waals surface area contributed by atoms with Crippen LogP contribution in [-0.4, -0.2) is 29.7 Å². The zero-order chi connectivity index (χ0) is 23.0. The van der Waals surface area contributed by atoms with E-state index < -0.39 is 23.9 Å². The zero-order valence-corrected chi connectivity index (χ0v) is 17.9. The van der Waals surface area contributed by atoms with Crippen LogP contribution in [0.1, 0.15) is 59.5 Å². The molecule has 4 rings (SSSR count). The molecule has 160 valence electrons. The van der Waals surface area contributed by atoms with Gasteiger partial charge in [0.25, 0.3) is 11.8 Å². The van der Waals surface area contributed by atoms with Gasteiger partial charge in [-0.2, -0.15) is 0 Å². The fourth-order valence-electron chi connectivity index (χ4n) is 3.60. The summed E-state index contributed by atoms with van der Waals surface area (Å²) in [5, 5.41) is 0. The van der Waals surface area contributed by atoms with Crippen molar-refractivity contribution in [2.45, 2.75) is 26.9 Å². The van der Waals surface area contributed by atoms with E-state index in [0.29, 0.717) is 11.3 Å². The number of imide groups is 1. The number of rotatable bonds is 5. The molecule has 0 N–H and O–H groups in total. The summed E-state index contributed by atoms with van der Waals surface area (Å²) in [5.41, 5.74) is 3.29. The molecule has 1 atom stereocenters. The van der Waals surface area contributed by atoms with Gasteiger partial charge in [-0.3, -0.25) is 14.4 Å². The highest BCUT2D eigenvalue weighted by Gasteiger charge is 2.37. The molecule has 0 radical (unpaired) electrons. The average Bonchev–Trinajstić information content (AvgIpc) is 3.03. The first-order valence-corrected chi connectivity index (χ1v) is 10.2. The first-order valence-electron chi connectivity index (χ1n) is 10.2.